The largest absolute Gasteiger partial charge is 0.370 e. The van der Waals surface area contributed by atoms with Gasteiger partial charge in [-0.15, -0.1) is 0 Å². The van der Waals surface area contributed by atoms with E-state index < -0.39 is 0 Å². The normalized spacial score (nSPS) is 32.0. The highest BCUT2D eigenvalue weighted by atomic mass is 16.5. The second-order valence-electron chi connectivity index (χ2n) is 8.07. The molecule has 1 saturated carbocycles. The van der Waals surface area contributed by atoms with Gasteiger partial charge in [-0.3, -0.25) is 4.90 Å². The molecule has 0 radical (unpaired) electrons. The molecule has 0 aromatic heterocycles. The van der Waals surface area contributed by atoms with Gasteiger partial charge in [-0.05, 0) is 51.0 Å². The third kappa shape index (κ3) is 4.20. The predicted molar refractivity (Wildman–Crippen MR) is 87.6 cm³/mol. The van der Waals surface area contributed by atoms with Crippen LogP contribution in [0.4, 0.5) is 0 Å². The molecular weight excluding hydrogens is 260 g/mol. The summed E-state index contributed by atoms with van der Waals surface area (Å²) in [6.07, 6.45) is 11.2. The van der Waals surface area contributed by atoms with Crippen LogP contribution in [0, 0.1) is 5.92 Å². The Balaban J connectivity index is 1.51. The molecule has 3 fully saturated rings. The van der Waals surface area contributed by atoms with Crippen molar-refractivity contribution < 1.29 is 4.74 Å². The van der Waals surface area contributed by atoms with E-state index in [0.29, 0.717) is 17.7 Å². The summed E-state index contributed by atoms with van der Waals surface area (Å²) in [7, 11) is 0. The average Bonchev–Trinajstić information content (AvgIpc) is 3.14. The quantitative estimate of drug-likeness (QED) is 0.814. The Hall–Kier alpha value is -0.120. The molecule has 2 heterocycles. The highest BCUT2D eigenvalue weighted by molar-refractivity contribution is 4.93. The van der Waals surface area contributed by atoms with Gasteiger partial charge in [0.15, 0.2) is 0 Å². The SMILES string of the molecule is CC(C)CN(CC1CCCN1)CC1CCC2(CCCC2)O1. The van der Waals surface area contributed by atoms with Crippen molar-refractivity contribution in [2.24, 2.45) is 5.92 Å². The van der Waals surface area contributed by atoms with Gasteiger partial charge in [-0.1, -0.05) is 26.7 Å². The lowest BCUT2D eigenvalue weighted by atomic mass is 9.98. The van der Waals surface area contributed by atoms with E-state index >= 15 is 0 Å². The van der Waals surface area contributed by atoms with Crippen LogP contribution in [-0.4, -0.2) is 48.8 Å². The van der Waals surface area contributed by atoms with Crippen molar-refractivity contribution in [3.63, 3.8) is 0 Å². The van der Waals surface area contributed by atoms with Crippen molar-refractivity contribution in [3.05, 3.63) is 0 Å². The molecule has 1 aliphatic carbocycles. The van der Waals surface area contributed by atoms with Crippen molar-refractivity contribution in [3.8, 4) is 0 Å². The van der Waals surface area contributed by atoms with E-state index in [1.54, 1.807) is 0 Å². The van der Waals surface area contributed by atoms with E-state index in [9.17, 15) is 0 Å². The molecule has 3 aliphatic rings. The number of hydrogen-bond acceptors (Lipinski definition) is 3. The Kier molecular flexibility index (Phi) is 5.23. The standard InChI is InChI=1S/C18H34N2O/c1-15(2)12-20(13-16-6-5-11-19-16)14-17-7-10-18(21-17)8-3-4-9-18/h15-17,19H,3-14H2,1-2H3. The number of hydrogen-bond donors (Lipinski definition) is 1. The second kappa shape index (κ2) is 6.97. The molecule has 0 aromatic rings. The minimum atomic E-state index is 0.291. The first-order chi connectivity index (χ1) is 10.2. The predicted octanol–water partition coefficient (Wildman–Crippen LogP) is 3.19. The van der Waals surface area contributed by atoms with E-state index in [0.717, 1.165) is 12.5 Å². The van der Waals surface area contributed by atoms with Crippen LogP contribution >= 0.6 is 0 Å². The molecule has 0 bridgehead atoms. The van der Waals surface area contributed by atoms with E-state index in [4.69, 9.17) is 4.74 Å². The first-order valence-electron chi connectivity index (χ1n) is 9.29. The fraction of sp³-hybridized carbons (Fsp3) is 1.00. The minimum Gasteiger partial charge on any atom is -0.370 e. The Bertz CT molecular complexity index is 319. The molecule has 21 heavy (non-hydrogen) atoms. The minimum absolute atomic E-state index is 0.291. The molecule has 2 saturated heterocycles. The van der Waals surface area contributed by atoms with Gasteiger partial charge in [-0.25, -0.2) is 0 Å². The topological polar surface area (TPSA) is 24.5 Å². The summed E-state index contributed by atoms with van der Waals surface area (Å²) in [5.74, 6) is 0.744. The van der Waals surface area contributed by atoms with Crippen LogP contribution in [0.1, 0.15) is 65.2 Å². The zero-order valence-electron chi connectivity index (χ0n) is 14.1. The summed E-state index contributed by atoms with van der Waals surface area (Å²) in [5, 5.41) is 3.65. The molecule has 2 atom stereocenters. The van der Waals surface area contributed by atoms with Gasteiger partial charge in [0.05, 0.1) is 11.7 Å². The zero-order chi connectivity index (χ0) is 14.7. The van der Waals surface area contributed by atoms with Crippen LogP contribution in [0.15, 0.2) is 0 Å². The van der Waals surface area contributed by atoms with Crippen LogP contribution in [0.2, 0.25) is 0 Å². The Morgan fingerprint density at radius 3 is 2.57 bits per heavy atom. The summed E-state index contributed by atoms with van der Waals surface area (Å²) in [6, 6.07) is 0.714. The molecule has 3 nitrogen and oxygen atoms in total. The van der Waals surface area contributed by atoms with Gasteiger partial charge in [0, 0.05) is 25.7 Å². The van der Waals surface area contributed by atoms with Crippen molar-refractivity contribution in [1.29, 1.82) is 0 Å². The summed E-state index contributed by atoms with van der Waals surface area (Å²) in [5.41, 5.74) is 0.291. The molecule has 1 N–H and O–H groups in total. The Morgan fingerprint density at radius 2 is 1.90 bits per heavy atom. The van der Waals surface area contributed by atoms with Gasteiger partial charge in [-0.2, -0.15) is 0 Å². The van der Waals surface area contributed by atoms with Crippen LogP contribution in [0.5, 0.6) is 0 Å². The van der Waals surface area contributed by atoms with E-state index in [1.807, 2.05) is 0 Å². The van der Waals surface area contributed by atoms with Gasteiger partial charge in [0.25, 0.3) is 0 Å². The number of nitrogens with one attached hydrogen (secondary N) is 1. The molecule has 0 aromatic carbocycles. The van der Waals surface area contributed by atoms with E-state index in [-0.39, 0.29) is 0 Å². The maximum Gasteiger partial charge on any atom is 0.0710 e. The summed E-state index contributed by atoms with van der Waals surface area (Å²) in [6.45, 7) is 9.46. The molecular formula is C18H34N2O. The lowest BCUT2D eigenvalue weighted by Gasteiger charge is -2.31. The summed E-state index contributed by atoms with van der Waals surface area (Å²) in [4.78, 5) is 2.67. The number of ether oxygens (including phenoxy) is 1. The van der Waals surface area contributed by atoms with Crippen LogP contribution < -0.4 is 5.32 Å². The van der Waals surface area contributed by atoms with Gasteiger partial charge >= 0.3 is 0 Å². The maximum absolute atomic E-state index is 6.52. The molecule has 1 spiro atoms. The lowest BCUT2D eigenvalue weighted by Crippen LogP contribution is -2.43. The van der Waals surface area contributed by atoms with Gasteiger partial charge in [0.1, 0.15) is 0 Å². The van der Waals surface area contributed by atoms with Crippen molar-refractivity contribution in [2.75, 3.05) is 26.2 Å². The smallest absolute Gasteiger partial charge is 0.0710 e. The fourth-order valence-electron chi connectivity index (χ4n) is 4.66. The first kappa shape index (κ1) is 15.8. The number of rotatable bonds is 6. The Morgan fingerprint density at radius 1 is 1.10 bits per heavy atom. The summed E-state index contributed by atoms with van der Waals surface area (Å²) >= 11 is 0. The van der Waals surface area contributed by atoms with Crippen LogP contribution in [0.25, 0.3) is 0 Å². The average molecular weight is 294 g/mol. The van der Waals surface area contributed by atoms with E-state index in [2.05, 4.69) is 24.1 Å². The third-order valence-corrected chi connectivity index (χ3v) is 5.58. The lowest BCUT2D eigenvalue weighted by molar-refractivity contribution is -0.0486. The van der Waals surface area contributed by atoms with Crippen molar-refractivity contribution in [2.45, 2.75) is 83.0 Å². The Labute approximate surface area is 130 Å². The maximum atomic E-state index is 6.52. The molecule has 2 aliphatic heterocycles. The van der Waals surface area contributed by atoms with Gasteiger partial charge in [0.2, 0.25) is 0 Å². The fourth-order valence-corrected chi connectivity index (χ4v) is 4.66. The number of nitrogens with zero attached hydrogens (tertiary/aromatic N) is 1. The molecule has 122 valence electrons. The zero-order valence-corrected chi connectivity index (χ0v) is 14.1. The highest BCUT2D eigenvalue weighted by Crippen LogP contribution is 2.43. The van der Waals surface area contributed by atoms with Crippen LogP contribution in [-0.2, 0) is 4.74 Å². The monoisotopic (exact) mass is 294 g/mol. The van der Waals surface area contributed by atoms with E-state index in [1.165, 1.54) is 71.0 Å². The molecule has 0 amide bonds. The van der Waals surface area contributed by atoms with Gasteiger partial charge < -0.3 is 10.1 Å². The van der Waals surface area contributed by atoms with Crippen LogP contribution in [0.3, 0.4) is 0 Å². The molecule has 2 unspecified atom stereocenters. The van der Waals surface area contributed by atoms with Crippen molar-refractivity contribution >= 4 is 0 Å². The third-order valence-electron chi connectivity index (χ3n) is 5.58. The first-order valence-corrected chi connectivity index (χ1v) is 9.29. The second-order valence-corrected chi connectivity index (χ2v) is 8.07. The summed E-state index contributed by atoms with van der Waals surface area (Å²) < 4.78 is 6.52. The molecule has 3 rings (SSSR count). The van der Waals surface area contributed by atoms with Crippen molar-refractivity contribution in [1.82, 2.24) is 10.2 Å². The highest BCUT2D eigenvalue weighted by Gasteiger charge is 2.42. The molecule has 3 heteroatoms.